The number of hydrogen-bond donors (Lipinski definition) is 3. The number of nitrogens with zero attached hydrogens (tertiary/aromatic N) is 3. The molecule has 1 saturated heterocycles. The molecule has 2 amide bonds. The first-order chi connectivity index (χ1) is 17.0. The van der Waals surface area contributed by atoms with E-state index in [9.17, 15) is 33.2 Å². The highest BCUT2D eigenvalue weighted by Gasteiger charge is 2.35. The maximum Gasteiger partial charge on any atom is 0.433 e. The number of sulfonamides is 1. The minimum absolute atomic E-state index is 0.00468. The van der Waals surface area contributed by atoms with Crippen LogP contribution in [0.2, 0.25) is 0 Å². The lowest BCUT2D eigenvalue weighted by Crippen LogP contribution is -2.54. The highest BCUT2D eigenvalue weighted by molar-refractivity contribution is 7.89. The van der Waals surface area contributed by atoms with Crippen molar-refractivity contribution in [3.8, 4) is 0 Å². The van der Waals surface area contributed by atoms with E-state index in [0.29, 0.717) is 12.8 Å². The molecule has 1 aliphatic rings. The number of rotatable bonds is 9. The van der Waals surface area contributed by atoms with Crippen LogP contribution in [0.15, 0.2) is 46.0 Å². The molecule has 3 N–H and O–H groups in total. The lowest BCUT2D eigenvalue weighted by Gasteiger charge is -2.27. The predicted molar refractivity (Wildman–Crippen MR) is 126 cm³/mol. The van der Waals surface area contributed by atoms with Gasteiger partial charge in [0.05, 0.1) is 18.2 Å². The summed E-state index contributed by atoms with van der Waals surface area (Å²) in [6.45, 7) is 3.61. The summed E-state index contributed by atoms with van der Waals surface area (Å²) in [5.74, 6) is -2.27. The van der Waals surface area contributed by atoms with Crippen LogP contribution in [-0.2, 0) is 14.8 Å². The zero-order valence-corrected chi connectivity index (χ0v) is 20.7. The molecular weight excluding hydrogens is 494 g/mol. The quantitative estimate of drug-likeness (QED) is 0.319. The van der Waals surface area contributed by atoms with Crippen molar-refractivity contribution in [2.45, 2.75) is 56.3 Å². The molecule has 0 aromatic carbocycles. The van der Waals surface area contributed by atoms with E-state index < -0.39 is 50.8 Å². The van der Waals surface area contributed by atoms with Crippen molar-refractivity contribution < 1.29 is 32.5 Å². The number of pyridine rings is 1. The fourth-order valence-corrected chi connectivity index (χ4v) is 5.32. The molecule has 3 atom stereocenters. The van der Waals surface area contributed by atoms with Gasteiger partial charge in [0.1, 0.15) is 11.0 Å². The molecule has 2 aromatic heterocycles. The van der Waals surface area contributed by atoms with Gasteiger partial charge in [-0.15, -0.1) is 0 Å². The number of nitro groups is 1. The fourth-order valence-electron chi connectivity index (χ4n) is 3.89. The summed E-state index contributed by atoms with van der Waals surface area (Å²) in [7, 11) is -3.92. The Balaban J connectivity index is 1.68. The highest BCUT2D eigenvalue weighted by atomic mass is 32.2. The minimum atomic E-state index is -3.92. The van der Waals surface area contributed by atoms with Crippen LogP contribution in [0.3, 0.4) is 0 Å². The topological polar surface area (TPSA) is 185 Å². The summed E-state index contributed by atoms with van der Waals surface area (Å²) >= 11 is 0. The van der Waals surface area contributed by atoms with Gasteiger partial charge in [-0.05, 0) is 43.4 Å². The third-order valence-electron chi connectivity index (χ3n) is 5.67. The summed E-state index contributed by atoms with van der Waals surface area (Å²) in [5, 5.41) is 26.7. The van der Waals surface area contributed by atoms with Gasteiger partial charge in [-0.25, -0.2) is 13.4 Å². The van der Waals surface area contributed by atoms with Gasteiger partial charge in [-0.1, -0.05) is 19.9 Å². The molecule has 2 aromatic rings. The third-order valence-corrected chi connectivity index (χ3v) is 7.45. The van der Waals surface area contributed by atoms with Crippen LogP contribution in [0.25, 0.3) is 0 Å². The molecule has 196 valence electrons. The number of hydrogen-bond acceptors (Lipinski definition) is 9. The van der Waals surface area contributed by atoms with Gasteiger partial charge in [0.15, 0.2) is 10.8 Å². The average molecular weight is 524 g/mol. The Labute approximate surface area is 208 Å². The summed E-state index contributed by atoms with van der Waals surface area (Å²) < 4.78 is 31.9. The predicted octanol–water partition coefficient (Wildman–Crippen LogP) is 1.06. The smallest absolute Gasteiger partial charge is 0.395 e. The summed E-state index contributed by atoms with van der Waals surface area (Å²) in [4.78, 5) is 39.5. The first kappa shape index (κ1) is 27.2. The Morgan fingerprint density at radius 2 is 2.06 bits per heavy atom. The Hall–Kier alpha value is -3.36. The second-order valence-corrected chi connectivity index (χ2v) is 10.8. The Bertz CT molecular complexity index is 1180. The number of aliphatic hydroxyl groups is 1. The third kappa shape index (κ3) is 6.65. The van der Waals surface area contributed by atoms with Crippen LogP contribution in [0.4, 0.5) is 5.88 Å². The van der Waals surface area contributed by atoms with Crippen LogP contribution in [0.1, 0.15) is 43.7 Å². The van der Waals surface area contributed by atoms with E-state index in [-0.39, 0.29) is 36.2 Å². The molecule has 0 aliphatic carbocycles. The van der Waals surface area contributed by atoms with Crippen molar-refractivity contribution in [1.82, 2.24) is 19.9 Å². The number of nitrogens with one attached hydrogen (secondary N) is 2. The van der Waals surface area contributed by atoms with Gasteiger partial charge in [-0.3, -0.25) is 19.7 Å². The van der Waals surface area contributed by atoms with Crippen LogP contribution < -0.4 is 10.6 Å². The average Bonchev–Trinajstić information content (AvgIpc) is 3.26. The van der Waals surface area contributed by atoms with E-state index in [1.54, 1.807) is 12.1 Å². The zero-order valence-electron chi connectivity index (χ0n) is 19.9. The lowest BCUT2D eigenvalue weighted by atomic mass is 10.0. The number of aliphatic hydroxyl groups excluding tert-OH is 1. The molecule has 0 bridgehead atoms. The van der Waals surface area contributed by atoms with Gasteiger partial charge in [0.2, 0.25) is 5.91 Å². The molecule has 1 fully saturated rings. The number of furan rings is 1. The van der Waals surface area contributed by atoms with E-state index in [1.807, 2.05) is 13.8 Å². The van der Waals surface area contributed by atoms with E-state index in [0.717, 1.165) is 16.4 Å². The van der Waals surface area contributed by atoms with E-state index in [1.165, 1.54) is 12.3 Å². The SMILES string of the molecule is CC(C)CC(NC(=O)c1ccc([N+](=O)[O-])o1)C(=O)NC1CCCN(S(=O)(=O)c2ccccn2)C[C@@H]1O. The summed E-state index contributed by atoms with van der Waals surface area (Å²) in [5.41, 5.74) is 0. The van der Waals surface area contributed by atoms with Crippen molar-refractivity contribution in [3.05, 3.63) is 52.4 Å². The molecule has 36 heavy (non-hydrogen) atoms. The summed E-state index contributed by atoms with van der Waals surface area (Å²) in [6, 6.07) is 4.95. The first-order valence-electron chi connectivity index (χ1n) is 11.4. The van der Waals surface area contributed by atoms with E-state index in [4.69, 9.17) is 4.42 Å². The standard InChI is InChI=1S/C22H29N5O8S/c1-14(2)12-16(25-22(30)18-8-9-20(35-18)27(31)32)21(29)24-15-6-5-11-26(13-17(15)28)36(33,34)19-7-3-4-10-23-19/h3-4,7-10,14-17,28H,5-6,11-13H2,1-2H3,(H,24,29)(H,25,30)/t15?,16?,17-/m0/s1. The molecule has 0 spiro atoms. The lowest BCUT2D eigenvalue weighted by molar-refractivity contribution is -0.402. The van der Waals surface area contributed by atoms with Crippen molar-refractivity contribution in [1.29, 1.82) is 0 Å². The molecule has 2 unspecified atom stereocenters. The monoisotopic (exact) mass is 523 g/mol. The summed E-state index contributed by atoms with van der Waals surface area (Å²) in [6.07, 6.45) is 1.12. The van der Waals surface area contributed by atoms with Crippen LogP contribution in [0, 0.1) is 16.0 Å². The minimum Gasteiger partial charge on any atom is -0.395 e. The molecule has 0 radical (unpaired) electrons. The van der Waals surface area contributed by atoms with E-state index in [2.05, 4.69) is 15.6 Å². The number of β-amino-alcohol motifs (C(OH)–C–C–N with tert-alkyl or cyclic N) is 1. The number of carbonyl (C=O) groups is 2. The number of carbonyl (C=O) groups excluding carboxylic acids is 2. The zero-order chi connectivity index (χ0) is 26.5. The van der Waals surface area contributed by atoms with Crippen molar-refractivity contribution in [3.63, 3.8) is 0 Å². The Kier molecular flexibility index (Phi) is 8.76. The number of amides is 2. The van der Waals surface area contributed by atoms with E-state index >= 15 is 0 Å². The Morgan fingerprint density at radius 1 is 1.31 bits per heavy atom. The molecule has 0 saturated carbocycles. The molecule has 13 nitrogen and oxygen atoms in total. The second-order valence-electron chi connectivity index (χ2n) is 8.91. The van der Waals surface area contributed by atoms with Crippen LogP contribution in [-0.4, -0.2) is 70.8 Å². The fraction of sp³-hybridized carbons (Fsp3) is 0.500. The van der Waals surface area contributed by atoms with Crippen LogP contribution in [0.5, 0.6) is 0 Å². The maximum absolute atomic E-state index is 13.1. The normalized spacial score (nSPS) is 19.9. The van der Waals surface area contributed by atoms with Crippen molar-refractivity contribution in [2.75, 3.05) is 13.1 Å². The molecule has 14 heteroatoms. The van der Waals surface area contributed by atoms with Gasteiger partial charge in [-0.2, -0.15) is 4.31 Å². The van der Waals surface area contributed by atoms with Gasteiger partial charge >= 0.3 is 5.88 Å². The van der Waals surface area contributed by atoms with Gasteiger partial charge in [0.25, 0.3) is 15.9 Å². The molecule has 1 aliphatic heterocycles. The highest BCUT2D eigenvalue weighted by Crippen LogP contribution is 2.20. The molecular formula is C22H29N5O8S. The maximum atomic E-state index is 13.1. The van der Waals surface area contributed by atoms with Gasteiger partial charge in [0, 0.05) is 19.3 Å². The van der Waals surface area contributed by atoms with Crippen molar-refractivity contribution in [2.24, 2.45) is 5.92 Å². The largest absolute Gasteiger partial charge is 0.433 e. The second kappa shape index (κ2) is 11.6. The first-order valence-corrected chi connectivity index (χ1v) is 12.9. The number of aromatic nitrogens is 1. The van der Waals surface area contributed by atoms with Gasteiger partial charge < -0.3 is 20.2 Å². The van der Waals surface area contributed by atoms with Crippen molar-refractivity contribution >= 4 is 27.7 Å². The molecule has 3 rings (SSSR count). The van der Waals surface area contributed by atoms with Crippen LogP contribution >= 0.6 is 0 Å². The molecule has 3 heterocycles. The Morgan fingerprint density at radius 3 is 2.67 bits per heavy atom.